The first-order valence-electron chi connectivity index (χ1n) is 5.05. The van der Waals surface area contributed by atoms with E-state index in [1.165, 1.54) is 0 Å². The van der Waals surface area contributed by atoms with Gasteiger partial charge in [-0.3, -0.25) is 0 Å². The molecule has 1 aromatic rings. The molecule has 0 amide bonds. The highest BCUT2D eigenvalue weighted by atomic mass is 16.5. The smallest absolute Gasteiger partial charge is 0.119 e. The molecular formula is C12H15NO2. The number of aliphatic hydroxyl groups excluding tert-OH is 1. The number of hydrogen-bond donors (Lipinski definition) is 2. The molecule has 0 unspecified atom stereocenters. The van der Waals surface area contributed by atoms with E-state index in [0.717, 1.165) is 17.9 Å². The molecule has 0 heterocycles. The SMILES string of the molecule is COc1ccc(N[C@@H]2C=C[C@H](O)C2)cc1. The molecular weight excluding hydrogens is 190 g/mol. The van der Waals surface area contributed by atoms with Gasteiger partial charge in [-0.1, -0.05) is 12.2 Å². The number of aliphatic hydroxyl groups is 1. The van der Waals surface area contributed by atoms with Crippen LogP contribution in [0, 0.1) is 0 Å². The summed E-state index contributed by atoms with van der Waals surface area (Å²) in [7, 11) is 1.65. The first kappa shape index (κ1) is 10.1. The Balaban J connectivity index is 1.96. The summed E-state index contributed by atoms with van der Waals surface area (Å²) in [5, 5.41) is 12.6. The molecule has 1 aromatic carbocycles. The first-order valence-corrected chi connectivity index (χ1v) is 5.05. The van der Waals surface area contributed by atoms with Crippen LogP contribution >= 0.6 is 0 Å². The normalized spacial score (nSPS) is 24.1. The van der Waals surface area contributed by atoms with Gasteiger partial charge >= 0.3 is 0 Å². The van der Waals surface area contributed by atoms with Gasteiger partial charge < -0.3 is 15.2 Å². The van der Waals surface area contributed by atoms with E-state index in [0.29, 0.717) is 0 Å². The van der Waals surface area contributed by atoms with Crippen molar-refractivity contribution in [1.29, 1.82) is 0 Å². The van der Waals surface area contributed by atoms with Gasteiger partial charge in [0.2, 0.25) is 0 Å². The lowest BCUT2D eigenvalue weighted by Gasteiger charge is -2.13. The standard InChI is InChI=1S/C12H15NO2/c1-15-12-6-3-9(4-7-12)13-10-2-5-11(14)8-10/h2-7,10-11,13-14H,8H2,1H3/t10-,11+/m1/s1. The summed E-state index contributed by atoms with van der Waals surface area (Å²) in [5.41, 5.74) is 1.04. The minimum absolute atomic E-state index is 0.230. The van der Waals surface area contributed by atoms with Crippen LogP contribution in [0.4, 0.5) is 5.69 Å². The van der Waals surface area contributed by atoms with Crippen LogP contribution < -0.4 is 10.1 Å². The maximum Gasteiger partial charge on any atom is 0.119 e. The highest BCUT2D eigenvalue weighted by Crippen LogP contribution is 2.19. The van der Waals surface area contributed by atoms with Crippen molar-refractivity contribution >= 4 is 5.69 Å². The Kier molecular flexibility index (Phi) is 2.92. The molecule has 15 heavy (non-hydrogen) atoms. The number of methoxy groups -OCH3 is 1. The summed E-state index contributed by atoms with van der Waals surface area (Å²) in [4.78, 5) is 0. The van der Waals surface area contributed by atoms with Crippen molar-refractivity contribution in [1.82, 2.24) is 0 Å². The Morgan fingerprint density at radius 1 is 1.27 bits per heavy atom. The van der Waals surface area contributed by atoms with Crippen LogP contribution in [0.3, 0.4) is 0 Å². The maximum absolute atomic E-state index is 9.31. The van der Waals surface area contributed by atoms with E-state index >= 15 is 0 Å². The second kappa shape index (κ2) is 4.36. The second-order valence-corrected chi connectivity index (χ2v) is 3.67. The molecule has 2 N–H and O–H groups in total. The molecule has 0 saturated heterocycles. The molecule has 0 radical (unpaired) electrons. The second-order valence-electron chi connectivity index (χ2n) is 3.67. The van der Waals surface area contributed by atoms with Gasteiger partial charge in [0.05, 0.1) is 13.2 Å². The summed E-state index contributed by atoms with van der Waals surface area (Å²) >= 11 is 0. The Morgan fingerprint density at radius 3 is 2.53 bits per heavy atom. The number of benzene rings is 1. The summed E-state index contributed by atoms with van der Waals surface area (Å²) in [6, 6.07) is 8.00. The average molecular weight is 205 g/mol. The molecule has 0 spiro atoms. The number of nitrogens with one attached hydrogen (secondary N) is 1. The summed E-state index contributed by atoms with van der Waals surface area (Å²) in [6.45, 7) is 0. The Bertz CT molecular complexity index is 345. The van der Waals surface area contributed by atoms with Gasteiger partial charge in [0.1, 0.15) is 5.75 Å². The Labute approximate surface area is 89.4 Å². The molecule has 3 nitrogen and oxygen atoms in total. The van der Waals surface area contributed by atoms with Gasteiger partial charge in [-0.15, -0.1) is 0 Å². The van der Waals surface area contributed by atoms with Gasteiger partial charge in [0, 0.05) is 18.2 Å². The summed E-state index contributed by atoms with van der Waals surface area (Å²) in [5.74, 6) is 0.850. The van der Waals surface area contributed by atoms with Crippen molar-refractivity contribution in [3.05, 3.63) is 36.4 Å². The maximum atomic E-state index is 9.31. The molecule has 0 bridgehead atoms. The third-order valence-electron chi connectivity index (χ3n) is 2.50. The van der Waals surface area contributed by atoms with E-state index in [2.05, 4.69) is 5.32 Å². The zero-order valence-electron chi connectivity index (χ0n) is 8.68. The van der Waals surface area contributed by atoms with E-state index < -0.39 is 0 Å². The van der Waals surface area contributed by atoms with Crippen molar-refractivity contribution in [3.8, 4) is 5.75 Å². The lowest BCUT2D eigenvalue weighted by molar-refractivity contribution is 0.220. The largest absolute Gasteiger partial charge is 0.497 e. The van der Waals surface area contributed by atoms with Crippen LogP contribution in [0.1, 0.15) is 6.42 Å². The fourth-order valence-electron chi connectivity index (χ4n) is 1.69. The predicted molar refractivity (Wildman–Crippen MR) is 60.2 cm³/mol. The zero-order valence-corrected chi connectivity index (χ0v) is 8.68. The van der Waals surface area contributed by atoms with Crippen LogP contribution in [0.25, 0.3) is 0 Å². The van der Waals surface area contributed by atoms with Crippen molar-refractivity contribution in [2.45, 2.75) is 18.6 Å². The third kappa shape index (κ3) is 2.50. The molecule has 2 rings (SSSR count). The Hall–Kier alpha value is -1.48. The minimum atomic E-state index is -0.305. The van der Waals surface area contributed by atoms with E-state index in [4.69, 9.17) is 4.74 Å². The molecule has 1 aliphatic rings. The van der Waals surface area contributed by atoms with Crippen LogP contribution in [-0.4, -0.2) is 24.4 Å². The van der Waals surface area contributed by atoms with Gasteiger partial charge in [-0.2, -0.15) is 0 Å². The van der Waals surface area contributed by atoms with Crippen LogP contribution in [0.15, 0.2) is 36.4 Å². The predicted octanol–water partition coefficient (Wildman–Crippen LogP) is 1.80. The fraction of sp³-hybridized carbons (Fsp3) is 0.333. The first-order chi connectivity index (χ1) is 7.28. The molecule has 0 fully saturated rings. The summed E-state index contributed by atoms with van der Waals surface area (Å²) < 4.78 is 5.07. The highest BCUT2D eigenvalue weighted by molar-refractivity contribution is 5.48. The van der Waals surface area contributed by atoms with Gasteiger partial charge in [-0.25, -0.2) is 0 Å². The molecule has 0 saturated carbocycles. The lowest BCUT2D eigenvalue weighted by Crippen LogP contribution is -2.16. The lowest BCUT2D eigenvalue weighted by atomic mass is 10.2. The van der Waals surface area contributed by atoms with Crippen LogP contribution in [0.5, 0.6) is 5.75 Å². The van der Waals surface area contributed by atoms with Crippen molar-refractivity contribution < 1.29 is 9.84 Å². The quantitative estimate of drug-likeness (QED) is 0.739. The van der Waals surface area contributed by atoms with Gasteiger partial charge in [0.15, 0.2) is 0 Å². The van der Waals surface area contributed by atoms with E-state index in [1.54, 1.807) is 7.11 Å². The van der Waals surface area contributed by atoms with Crippen LogP contribution in [-0.2, 0) is 0 Å². The monoisotopic (exact) mass is 205 g/mol. The number of rotatable bonds is 3. The minimum Gasteiger partial charge on any atom is -0.497 e. The summed E-state index contributed by atoms with van der Waals surface area (Å²) in [6.07, 6.45) is 4.25. The van der Waals surface area contributed by atoms with Gasteiger partial charge in [0.25, 0.3) is 0 Å². The zero-order chi connectivity index (χ0) is 10.7. The van der Waals surface area contributed by atoms with E-state index in [9.17, 15) is 5.11 Å². The van der Waals surface area contributed by atoms with Crippen molar-refractivity contribution in [3.63, 3.8) is 0 Å². The molecule has 1 aliphatic carbocycles. The number of anilines is 1. The third-order valence-corrected chi connectivity index (χ3v) is 2.50. The molecule has 0 aliphatic heterocycles. The highest BCUT2D eigenvalue weighted by Gasteiger charge is 2.15. The Morgan fingerprint density at radius 2 is 2.00 bits per heavy atom. The molecule has 2 atom stereocenters. The van der Waals surface area contributed by atoms with Crippen molar-refractivity contribution in [2.24, 2.45) is 0 Å². The van der Waals surface area contributed by atoms with Crippen molar-refractivity contribution in [2.75, 3.05) is 12.4 Å². The van der Waals surface area contributed by atoms with E-state index in [-0.39, 0.29) is 12.1 Å². The fourth-order valence-corrected chi connectivity index (χ4v) is 1.69. The number of hydrogen-bond acceptors (Lipinski definition) is 3. The number of ether oxygens (including phenoxy) is 1. The topological polar surface area (TPSA) is 41.5 Å². The van der Waals surface area contributed by atoms with Gasteiger partial charge in [-0.05, 0) is 24.3 Å². The molecule has 3 heteroatoms. The molecule has 0 aromatic heterocycles. The average Bonchev–Trinajstić information content (AvgIpc) is 2.65. The molecule has 80 valence electrons. The van der Waals surface area contributed by atoms with E-state index in [1.807, 2.05) is 36.4 Å². The van der Waals surface area contributed by atoms with Crippen LogP contribution in [0.2, 0.25) is 0 Å².